The highest BCUT2D eigenvalue weighted by molar-refractivity contribution is 5.46. The first kappa shape index (κ1) is 15.6. The summed E-state index contributed by atoms with van der Waals surface area (Å²) in [4.78, 5) is 8.71. The molecule has 7 nitrogen and oxygen atoms in total. The summed E-state index contributed by atoms with van der Waals surface area (Å²) >= 11 is 0. The van der Waals surface area contributed by atoms with Gasteiger partial charge in [0.05, 0.1) is 12.7 Å². The van der Waals surface area contributed by atoms with Gasteiger partial charge in [-0.2, -0.15) is 0 Å². The van der Waals surface area contributed by atoms with Crippen LogP contribution in [0.15, 0.2) is 6.07 Å². The Bertz CT molecular complexity index is 375. The van der Waals surface area contributed by atoms with E-state index in [1.807, 2.05) is 0 Å². The number of hydrazine groups is 1. The quantitative estimate of drug-likeness (QED) is 0.450. The smallest absolute Gasteiger partial charge is 0.145 e. The number of hydrogen-bond donors (Lipinski definition) is 3. The lowest BCUT2D eigenvalue weighted by Crippen LogP contribution is -2.27. The molecule has 1 aromatic heterocycles. The number of aryl methyl sites for hydroxylation is 1. The van der Waals surface area contributed by atoms with Crippen LogP contribution in [0.4, 0.5) is 11.6 Å². The van der Waals surface area contributed by atoms with Gasteiger partial charge in [0.15, 0.2) is 0 Å². The Morgan fingerprint density at radius 1 is 1.32 bits per heavy atom. The molecule has 4 N–H and O–H groups in total. The predicted octanol–water partition coefficient (Wildman–Crippen LogP) is 0.788. The van der Waals surface area contributed by atoms with Gasteiger partial charge in [-0.1, -0.05) is 6.92 Å². The Morgan fingerprint density at radius 3 is 2.63 bits per heavy atom. The maximum atomic E-state index is 5.40. The lowest BCUT2D eigenvalue weighted by molar-refractivity contribution is 0.0365. The molecule has 0 aliphatic carbocycles. The van der Waals surface area contributed by atoms with Crippen LogP contribution in [0.25, 0.3) is 0 Å². The second kappa shape index (κ2) is 8.63. The fraction of sp³-hybridized carbons (Fsp3) is 0.667. The van der Waals surface area contributed by atoms with Crippen LogP contribution in [-0.4, -0.2) is 43.4 Å². The summed E-state index contributed by atoms with van der Waals surface area (Å²) in [5, 5.41) is 3.20. The SMILES string of the molecule is CCCc1nc(NN)cc(NCC(COC)OC)n1. The van der Waals surface area contributed by atoms with E-state index in [1.54, 1.807) is 20.3 Å². The van der Waals surface area contributed by atoms with E-state index >= 15 is 0 Å². The zero-order valence-electron chi connectivity index (χ0n) is 11.8. The highest BCUT2D eigenvalue weighted by Gasteiger charge is 2.08. The van der Waals surface area contributed by atoms with E-state index in [1.165, 1.54) is 0 Å². The molecule has 1 aromatic rings. The zero-order valence-corrected chi connectivity index (χ0v) is 11.8. The minimum Gasteiger partial charge on any atom is -0.382 e. The van der Waals surface area contributed by atoms with Gasteiger partial charge in [-0.05, 0) is 6.42 Å². The number of rotatable bonds is 9. The predicted molar refractivity (Wildman–Crippen MR) is 75.0 cm³/mol. The third kappa shape index (κ3) is 5.37. The molecule has 7 heteroatoms. The highest BCUT2D eigenvalue weighted by atomic mass is 16.5. The minimum atomic E-state index is -0.0242. The van der Waals surface area contributed by atoms with Crippen molar-refractivity contribution < 1.29 is 9.47 Å². The van der Waals surface area contributed by atoms with Gasteiger partial charge in [0.2, 0.25) is 0 Å². The minimum absolute atomic E-state index is 0.0242. The summed E-state index contributed by atoms with van der Waals surface area (Å²) in [5.41, 5.74) is 2.55. The van der Waals surface area contributed by atoms with Crippen LogP contribution in [-0.2, 0) is 15.9 Å². The topological polar surface area (TPSA) is 94.3 Å². The van der Waals surface area contributed by atoms with Gasteiger partial charge in [-0.3, -0.25) is 0 Å². The standard InChI is InChI=1S/C12H23N5O2/c1-4-5-10-15-11(6-12(16-10)17-13)14-7-9(19-3)8-18-2/h6,9H,4-5,7-8,13H2,1-3H3,(H2,14,15,16,17). The summed E-state index contributed by atoms with van der Waals surface area (Å²) in [6.07, 6.45) is 1.78. The molecule has 0 fully saturated rings. The van der Waals surface area contributed by atoms with Crippen molar-refractivity contribution in [1.29, 1.82) is 0 Å². The normalized spacial score (nSPS) is 12.2. The Morgan fingerprint density at radius 2 is 2.05 bits per heavy atom. The summed E-state index contributed by atoms with van der Waals surface area (Å²) in [6, 6.07) is 1.76. The van der Waals surface area contributed by atoms with E-state index in [2.05, 4.69) is 27.6 Å². The van der Waals surface area contributed by atoms with Crippen LogP contribution in [0.2, 0.25) is 0 Å². The average molecular weight is 269 g/mol. The molecule has 0 spiro atoms. The molecule has 0 aliphatic rings. The Hall–Kier alpha value is -1.44. The number of aromatic nitrogens is 2. The van der Waals surface area contributed by atoms with Crippen molar-refractivity contribution in [3.05, 3.63) is 11.9 Å². The van der Waals surface area contributed by atoms with Crippen LogP contribution in [0, 0.1) is 0 Å². The lowest BCUT2D eigenvalue weighted by Gasteiger charge is -2.16. The monoisotopic (exact) mass is 269 g/mol. The number of methoxy groups -OCH3 is 2. The van der Waals surface area contributed by atoms with E-state index in [0.29, 0.717) is 19.0 Å². The first-order valence-corrected chi connectivity index (χ1v) is 6.33. The molecule has 1 rings (SSSR count). The highest BCUT2D eigenvalue weighted by Crippen LogP contribution is 2.11. The molecule has 108 valence electrons. The number of anilines is 2. The fourth-order valence-electron chi connectivity index (χ4n) is 1.61. The molecular weight excluding hydrogens is 246 g/mol. The number of nitrogen functional groups attached to an aromatic ring is 1. The second-order valence-electron chi connectivity index (χ2n) is 4.14. The number of hydrogen-bond acceptors (Lipinski definition) is 7. The van der Waals surface area contributed by atoms with Gasteiger partial charge in [0, 0.05) is 33.3 Å². The van der Waals surface area contributed by atoms with Crippen LogP contribution in [0.5, 0.6) is 0 Å². The summed E-state index contributed by atoms with van der Waals surface area (Å²) in [7, 11) is 3.30. The van der Waals surface area contributed by atoms with Crippen LogP contribution in [0.3, 0.4) is 0 Å². The Balaban J connectivity index is 2.67. The van der Waals surface area contributed by atoms with Crippen molar-refractivity contribution in [3.8, 4) is 0 Å². The average Bonchev–Trinajstić information content (AvgIpc) is 2.43. The van der Waals surface area contributed by atoms with E-state index in [-0.39, 0.29) is 6.10 Å². The zero-order chi connectivity index (χ0) is 14.1. The maximum absolute atomic E-state index is 5.40. The van der Waals surface area contributed by atoms with Crippen molar-refractivity contribution >= 4 is 11.6 Å². The lowest BCUT2D eigenvalue weighted by atomic mass is 10.3. The maximum Gasteiger partial charge on any atom is 0.145 e. The van der Waals surface area contributed by atoms with Gasteiger partial charge in [0.1, 0.15) is 17.5 Å². The van der Waals surface area contributed by atoms with Crippen molar-refractivity contribution in [2.45, 2.75) is 25.9 Å². The van der Waals surface area contributed by atoms with Gasteiger partial charge in [-0.15, -0.1) is 0 Å². The molecule has 19 heavy (non-hydrogen) atoms. The molecule has 1 heterocycles. The van der Waals surface area contributed by atoms with Crippen molar-refractivity contribution in [3.63, 3.8) is 0 Å². The van der Waals surface area contributed by atoms with Crippen molar-refractivity contribution in [2.24, 2.45) is 5.84 Å². The third-order valence-corrected chi connectivity index (χ3v) is 2.59. The van der Waals surface area contributed by atoms with E-state index in [4.69, 9.17) is 15.3 Å². The van der Waals surface area contributed by atoms with Crippen LogP contribution < -0.4 is 16.6 Å². The molecule has 1 unspecified atom stereocenters. The molecule has 0 aromatic carbocycles. The van der Waals surface area contributed by atoms with Gasteiger partial charge in [-0.25, -0.2) is 15.8 Å². The first-order chi connectivity index (χ1) is 9.23. The number of nitrogens with zero attached hydrogens (tertiary/aromatic N) is 2. The fourth-order valence-corrected chi connectivity index (χ4v) is 1.61. The number of nitrogens with one attached hydrogen (secondary N) is 2. The van der Waals surface area contributed by atoms with Gasteiger partial charge in [0.25, 0.3) is 0 Å². The van der Waals surface area contributed by atoms with E-state index in [9.17, 15) is 0 Å². The largest absolute Gasteiger partial charge is 0.382 e. The van der Waals surface area contributed by atoms with Crippen molar-refractivity contribution in [1.82, 2.24) is 9.97 Å². The third-order valence-electron chi connectivity index (χ3n) is 2.59. The Labute approximate surface area is 113 Å². The van der Waals surface area contributed by atoms with Gasteiger partial charge >= 0.3 is 0 Å². The summed E-state index contributed by atoms with van der Waals surface area (Å²) < 4.78 is 10.3. The number of ether oxygens (including phenoxy) is 2. The molecule has 0 saturated heterocycles. The molecule has 0 saturated carbocycles. The molecule has 0 radical (unpaired) electrons. The number of nitrogens with two attached hydrogens (primary N) is 1. The van der Waals surface area contributed by atoms with E-state index in [0.717, 1.165) is 24.5 Å². The molecule has 1 atom stereocenters. The second-order valence-corrected chi connectivity index (χ2v) is 4.14. The molecule has 0 amide bonds. The Kier molecular flexibility index (Phi) is 7.09. The molecule has 0 bridgehead atoms. The van der Waals surface area contributed by atoms with E-state index < -0.39 is 0 Å². The summed E-state index contributed by atoms with van der Waals surface area (Å²) in [5.74, 6) is 7.49. The van der Waals surface area contributed by atoms with Gasteiger partial charge < -0.3 is 20.2 Å². The summed E-state index contributed by atoms with van der Waals surface area (Å²) in [6.45, 7) is 3.22. The first-order valence-electron chi connectivity index (χ1n) is 6.33. The molecule has 0 aliphatic heterocycles. The van der Waals surface area contributed by atoms with Crippen molar-refractivity contribution in [2.75, 3.05) is 38.1 Å². The van der Waals surface area contributed by atoms with Crippen LogP contribution >= 0.6 is 0 Å². The van der Waals surface area contributed by atoms with Crippen LogP contribution in [0.1, 0.15) is 19.2 Å². The molecular formula is C12H23N5O2.